The molecule has 0 radical (unpaired) electrons. The van der Waals surface area contributed by atoms with E-state index in [1.54, 1.807) is 28.8 Å². The Kier molecular flexibility index (Phi) is 11.5. The second-order valence-electron chi connectivity index (χ2n) is 9.86. The predicted molar refractivity (Wildman–Crippen MR) is 163 cm³/mol. The molecule has 2 amide bonds. The number of carbonyl (C=O) groups excluding carboxylic acids is 2. The lowest BCUT2D eigenvalue weighted by atomic mass is 9.94. The van der Waals surface area contributed by atoms with Gasteiger partial charge in [0.05, 0.1) is 0 Å². The smallest absolute Gasteiger partial charge is 0.243 e. The summed E-state index contributed by atoms with van der Waals surface area (Å²) in [4.78, 5) is 30.4. The van der Waals surface area contributed by atoms with Crippen LogP contribution in [-0.2, 0) is 22.6 Å². The fraction of sp³-hybridized carbons (Fsp3) is 0.355. The van der Waals surface area contributed by atoms with E-state index in [4.69, 9.17) is 34.8 Å². The molecule has 0 aliphatic heterocycles. The Morgan fingerprint density at radius 3 is 2.28 bits per heavy atom. The van der Waals surface area contributed by atoms with E-state index in [1.165, 1.54) is 6.42 Å². The van der Waals surface area contributed by atoms with Gasteiger partial charge < -0.3 is 10.2 Å². The van der Waals surface area contributed by atoms with Gasteiger partial charge in [-0.25, -0.2) is 0 Å². The summed E-state index contributed by atoms with van der Waals surface area (Å²) >= 11 is 20.3. The molecule has 0 saturated heterocycles. The van der Waals surface area contributed by atoms with Gasteiger partial charge in [-0.1, -0.05) is 90.5 Å². The summed E-state index contributed by atoms with van der Waals surface area (Å²) in [5.41, 5.74) is 1.75. The van der Waals surface area contributed by atoms with Crippen LogP contribution in [0.4, 0.5) is 0 Å². The van der Waals surface area contributed by atoms with Crippen molar-refractivity contribution in [3.05, 3.63) is 99.0 Å². The molecule has 206 valence electrons. The van der Waals surface area contributed by atoms with E-state index in [0.717, 1.165) is 41.7 Å². The topological polar surface area (TPSA) is 49.4 Å². The van der Waals surface area contributed by atoms with Gasteiger partial charge in [-0.2, -0.15) is 0 Å². The van der Waals surface area contributed by atoms with Crippen molar-refractivity contribution in [2.75, 3.05) is 5.75 Å². The molecule has 0 spiro atoms. The van der Waals surface area contributed by atoms with Crippen LogP contribution in [0.15, 0.2) is 77.7 Å². The number of hydrogen-bond acceptors (Lipinski definition) is 3. The van der Waals surface area contributed by atoms with Crippen molar-refractivity contribution >= 4 is 58.4 Å². The molecular weight excluding hydrogens is 571 g/mol. The minimum Gasteiger partial charge on any atom is -0.352 e. The van der Waals surface area contributed by atoms with Crippen molar-refractivity contribution in [1.29, 1.82) is 0 Å². The van der Waals surface area contributed by atoms with Gasteiger partial charge in [-0.15, -0.1) is 11.8 Å². The maximum atomic E-state index is 13.8. The molecule has 0 bridgehead atoms. The first-order valence-electron chi connectivity index (χ1n) is 13.3. The van der Waals surface area contributed by atoms with E-state index in [1.807, 2.05) is 60.7 Å². The zero-order valence-electron chi connectivity index (χ0n) is 21.8. The molecule has 0 aromatic heterocycles. The van der Waals surface area contributed by atoms with Gasteiger partial charge in [-0.05, 0) is 60.4 Å². The molecule has 1 N–H and O–H groups in total. The Hall–Kier alpha value is -2.18. The second kappa shape index (κ2) is 15.0. The van der Waals surface area contributed by atoms with Gasteiger partial charge in [-0.3, -0.25) is 9.59 Å². The maximum Gasteiger partial charge on any atom is 0.243 e. The lowest BCUT2D eigenvalue weighted by Gasteiger charge is -2.33. The number of nitrogens with one attached hydrogen (secondary N) is 1. The van der Waals surface area contributed by atoms with Crippen LogP contribution in [0.1, 0.15) is 49.7 Å². The van der Waals surface area contributed by atoms with E-state index in [-0.39, 0.29) is 30.8 Å². The van der Waals surface area contributed by atoms with Crippen LogP contribution in [-0.4, -0.2) is 34.6 Å². The summed E-state index contributed by atoms with van der Waals surface area (Å²) in [6.07, 6.45) is 6.06. The Morgan fingerprint density at radius 1 is 0.897 bits per heavy atom. The summed E-state index contributed by atoms with van der Waals surface area (Å²) < 4.78 is 0. The third-order valence-corrected chi connectivity index (χ3v) is 8.83. The Balaban J connectivity index is 1.58. The Morgan fingerprint density at radius 2 is 1.59 bits per heavy atom. The van der Waals surface area contributed by atoms with Crippen molar-refractivity contribution in [2.45, 2.75) is 68.5 Å². The average Bonchev–Trinajstić information content (AvgIpc) is 2.94. The molecule has 39 heavy (non-hydrogen) atoms. The highest BCUT2D eigenvalue weighted by Gasteiger charge is 2.32. The highest BCUT2D eigenvalue weighted by Crippen LogP contribution is 2.26. The number of benzene rings is 3. The predicted octanol–water partition coefficient (Wildman–Crippen LogP) is 8.22. The monoisotopic (exact) mass is 602 g/mol. The molecule has 0 heterocycles. The van der Waals surface area contributed by atoms with Gasteiger partial charge in [0.15, 0.2) is 0 Å². The van der Waals surface area contributed by atoms with Crippen molar-refractivity contribution in [1.82, 2.24) is 10.2 Å². The van der Waals surface area contributed by atoms with Gasteiger partial charge >= 0.3 is 0 Å². The molecule has 8 heteroatoms. The lowest BCUT2D eigenvalue weighted by Crippen LogP contribution is -2.53. The SMILES string of the molecule is O=C(NC1CCCCC1)[C@@H](Cc1ccccc1)N(Cc1ccc(Cl)cc1Cl)C(=O)CCSc1ccc(Cl)cc1. The highest BCUT2D eigenvalue weighted by molar-refractivity contribution is 7.99. The van der Waals surface area contributed by atoms with Crippen LogP contribution < -0.4 is 5.32 Å². The highest BCUT2D eigenvalue weighted by atomic mass is 35.5. The zero-order valence-corrected chi connectivity index (χ0v) is 24.8. The first-order valence-corrected chi connectivity index (χ1v) is 15.5. The van der Waals surface area contributed by atoms with E-state index < -0.39 is 6.04 Å². The first-order chi connectivity index (χ1) is 18.9. The quantitative estimate of drug-likeness (QED) is 0.225. The summed E-state index contributed by atoms with van der Waals surface area (Å²) in [6, 6.07) is 22.1. The molecule has 1 fully saturated rings. The molecule has 0 unspecified atom stereocenters. The molecule has 4 nitrogen and oxygen atoms in total. The van der Waals surface area contributed by atoms with E-state index in [2.05, 4.69) is 5.32 Å². The van der Waals surface area contributed by atoms with E-state index in [0.29, 0.717) is 27.2 Å². The van der Waals surface area contributed by atoms with Crippen molar-refractivity contribution in [3.8, 4) is 0 Å². The van der Waals surface area contributed by atoms with Gasteiger partial charge in [0, 0.05) is 51.1 Å². The normalized spacial score (nSPS) is 14.5. The number of amides is 2. The third-order valence-electron chi connectivity index (χ3n) is 6.98. The summed E-state index contributed by atoms with van der Waals surface area (Å²) in [5.74, 6) is 0.366. The molecule has 1 aliphatic carbocycles. The van der Waals surface area contributed by atoms with Crippen molar-refractivity contribution < 1.29 is 9.59 Å². The molecule has 3 aromatic rings. The van der Waals surface area contributed by atoms with Crippen LogP contribution in [0.3, 0.4) is 0 Å². The van der Waals surface area contributed by atoms with Crippen molar-refractivity contribution in [3.63, 3.8) is 0 Å². The van der Waals surface area contributed by atoms with Crippen LogP contribution >= 0.6 is 46.6 Å². The number of nitrogens with zero attached hydrogens (tertiary/aromatic N) is 1. The number of carbonyl (C=O) groups is 2. The zero-order chi connectivity index (χ0) is 27.6. The van der Waals surface area contributed by atoms with Crippen LogP contribution in [0.5, 0.6) is 0 Å². The van der Waals surface area contributed by atoms with Crippen LogP contribution in [0.25, 0.3) is 0 Å². The Bertz CT molecular complexity index is 1230. The number of thioether (sulfide) groups is 1. The minimum absolute atomic E-state index is 0.0952. The van der Waals surface area contributed by atoms with Crippen LogP contribution in [0, 0.1) is 0 Å². The van der Waals surface area contributed by atoms with E-state index in [9.17, 15) is 9.59 Å². The number of rotatable bonds is 11. The standard InChI is InChI=1S/C31H33Cl3N2O2S/c32-24-13-15-27(16-14-24)39-18-17-30(37)36(21-23-11-12-25(33)20-28(23)34)29(19-22-7-3-1-4-8-22)31(38)35-26-9-5-2-6-10-26/h1,3-4,7-8,11-16,20,26,29H,2,5-6,9-10,17-19,21H2,(H,35,38)/t29-/m1/s1. The second-order valence-corrected chi connectivity index (χ2v) is 12.3. The van der Waals surface area contributed by atoms with E-state index >= 15 is 0 Å². The summed E-state index contributed by atoms with van der Waals surface area (Å²) in [7, 11) is 0. The van der Waals surface area contributed by atoms with Crippen LogP contribution in [0.2, 0.25) is 15.1 Å². The summed E-state index contributed by atoms with van der Waals surface area (Å²) in [6.45, 7) is 0.218. The summed E-state index contributed by atoms with van der Waals surface area (Å²) in [5, 5.41) is 4.94. The fourth-order valence-corrected chi connectivity index (χ4v) is 6.30. The molecule has 1 saturated carbocycles. The van der Waals surface area contributed by atoms with Gasteiger partial charge in [0.2, 0.25) is 11.8 Å². The first kappa shape index (κ1) is 29.8. The van der Waals surface area contributed by atoms with Gasteiger partial charge in [0.25, 0.3) is 0 Å². The molecule has 4 rings (SSSR count). The lowest BCUT2D eigenvalue weighted by molar-refractivity contribution is -0.141. The third kappa shape index (κ3) is 9.18. The molecular formula is C31H33Cl3N2O2S. The molecule has 1 aliphatic rings. The fourth-order valence-electron chi connectivity index (χ4n) is 4.86. The van der Waals surface area contributed by atoms with Gasteiger partial charge in [0.1, 0.15) is 6.04 Å². The Labute approximate surface area is 250 Å². The average molecular weight is 604 g/mol. The minimum atomic E-state index is -0.672. The number of hydrogen-bond donors (Lipinski definition) is 1. The van der Waals surface area contributed by atoms with Crippen molar-refractivity contribution in [2.24, 2.45) is 0 Å². The molecule has 3 aromatic carbocycles. The molecule has 1 atom stereocenters. The largest absolute Gasteiger partial charge is 0.352 e. The number of halogens is 3. The maximum absolute atomic E-state index is 13.8.